The predicted molar refractivity (Wildman–Crippen MR) is 105 cm³/mol. The van der Waals surface area contributed by atoms with Gasteiger partial charge in [0.2, 0.25) is 9.84 Å². The van der Waals surface area contributed by atoms with E-state index in [2.05, 4.69) is 36.5 Å². The number of carbonyl (C=O) groups is 2. The Morgan fingerprint density at radius 1 is 0.893 bits per heavy atom. The molecule has 1 aromatic heterocycles. The molecule has 0 fully saturated rings. The van der Waals surface area contributed by atoms with Gasteiger partial charge in [-0.3, -0.25) is 10.1 Å². The molecular weight excluding hydrogens is 448 g/mol. The molecule has 28 heavy (non-hydrogen) atoms. The lowest BCUT2D eigenvalue weighted by atomic mass is 10.2. The van der Waals surface area contributed by atoms with Crippen LogP contribution in [0.2, 0.25) is 0 Å². The molecule has 3 amide bonds. The van der Waals surface area contributed by atoms with E-state index in [1.807, 2.05) is 0 Å². The maximum absolute atomic E-state index is 12.5. The van der Waals surface area contributed by atoms with E-state index in [-0.39, 0.29) is 10.1 Å². The van der Waals surface area contributed by atoms with Crippen molar-refractivity contribution in [2.75, 3.05) is 5.32 Å². The van der Waals surface area contributed by atoms with Crippen LogP contribution in [-0.4, -0.2) is 30.3 Å². The van der Waals surface area contributed by atoms with Crippen LogP contribution in [0.15, 0.2) is 81.5 Å². The number of anilines is 1. The monoisotopic (exact) mass is 460 g/mol. The molecule has 8 nitrogen and oxygen atoms in total. The first kappa shape index (κ1) is 19.6. The fraction of sp³-hybridized carbons (Fsp3) is 0. The first-order valence-corrected chi connectivity index (χ1v) is 10.1. The Morgan fingerprint density at radius 3 is 2.11 bits per heavy atom. The van der Waals surface area contributed by atoms with Crippen molar-refractivity contribution in [1.29, 1.82) is 0 Å². The van der Waals surface area contributed by atoms with Gasteiger partial charge in [0.05, 0.1) is 9.37 Å². The molecule has 0 bridgehead atoms. The minimum atomic E-state index is -3.88. The molecule has 0 unspecified atom stereocenters. The van der Waals surface area contributed by atoms with Gasteiger partial charge in [-0.1, -0.05) is 18.2 Å². The van der Waals surface area contributed by atoms with Gasteiger partial charge in [-0.15, -0.1) is 0 Å². The van der Waals surface area contributed by atoms with Crippen LogP contribution >= 0.6 is 15.9 Å². The summed E-state index contributed by atoms with van der Waals surface area (Å²) in [6, 6.07) is 13.0. The summed E-state index contributed by atoms with van der Waals surface area (Å²) in [6.45, 7) is 0. The Hall–Kier alpha value is -3.11. The summed E-state index contributed by atoms with van der Waals surface area (Å²) in [5.74, 6) is -0.551. The average Bonchev–Trinajstić information content (AvgIpc) is 2.69. The number of halogens is 1. The second-order valence-corrected chi connectivity index (χ2v) is 8.25. The molecule has 0 saturated heterocycles. The number of carbonyl (C=O) groups excluding carboxylic acids is 2. The van der Waals surface area contributed by atoms with Crippen molar-refractivity contribution in [3.8, 4) is 0 Å². The lowest BCUT2D eigenvalue weighted by molar-refractivity contribution is 0.0967. The van der Waals surface area contributed by atoms with Crippen molar-refractivity contribution >= 4 is 43.4 Å². The van der Waals surface area contributed by atoms with Gasteiger partial charge in [0.25, 0.3) is 11.1 Å². The fourth-order valence-corrected chi connectivity index (χ4v) is 3.48. The lowest BCUT2D eigenvalue weighted by Gasteiger charge is -2.08. The molecule has 2 aromatic carbocycles. The summed E-state index contributed by atoms with van der Waals surface area (Å²) in [5.41, 5.74) is 0.655. The molecule has 0 aliphatic rings. The summed E-state index contributed by atoms with van der Waals surface area (Å²) >= 11 is 3.14. The fourth-order valence-electron chi connectivity index (χ4n) is 2.19. The highest BCUT2D eigenvalue weighted by Crippen LogP contribution is 2.20. The van der Waals surface area contributed by atoms with Gasteiger partial charge in [-0.25, -0.2) is 23.2 Å². The Bertz CT molecular complexity index is 1100. The second-order valence-electron chi connectivity index (χ2n) is 5.49. The maximum atomic E-state index is 12.5. The molecular formula is C18H13BrN4O4S. The molecule has 2 N–H and O–H groups in total. The molecule has 0 aliphatic heterocycles. The van der Waals surface area contributed by atoms with E-state index in [4.69, 9.17) is 0 Å². The van der Waals surface area contributed by atoms with Crippen molar-refractivity contribution in [3.63, 3.8) is 0 Å². The van der Waals surface area contributed by atoms with Crippen LogP contribution in [0.1, 0.15) is 10.4 Å². The molecule has 0 aliphatic carbocycles. The SMILES string of the molecule is O=C(NC(=O)c1ccccc1)Nc1ccc(S(=O)(=O)c2ncc(Br)cn2)cc1. The zero-order valence-corrected chi connectivity index (χ0v) is 16.6. The number of imide groups is 1. The predicted octanol–water partition coefficient (Wildman–Crippen LogP) is 3.03. The number of urea groups is 1. The highest BCUT2D eigenvalue weighted by molar-refractivity contribution is 9.10. The van der Waals surface area contributed by atoms with Crippen molar-refractivity contribution in [2.24, 2.45) is 0 Å². The largest absolute Gasteiger partial charge is 0.326 e. The summed E-state index contributed by atoms with van der Waals surface area (Å²) in [7, 11) is -3.88. The van der Waals surface area contributed by atoms with Crippen LogP contribution in [-0.2, 0) is 9.84 Å². The van der Waals surface area contributed by atoms with Gasteiger partial charge in [0.1, 0.15) is 0 Å². The van der Waals surface area contributed by atoms with Crippen LogP contribution < -0.4 is 10.6 Å². The smallest absolute Gasteiger partial charge is 0.308 e. The molecule has 1 heterocycles. The normalized spacial score (nSPS) is 10.9. The van der Waals surface area contributed by atoms with Crippen LogP contribution in [0.25, 0.3) is 0 Å². The molecule has 0 atom stereocenters. The van der Waals surface area contributed by atoms with Crippen LogP contribution in [0, 0.1) is 0 Å². The van der Waals surface area contributed by atoms with E-state index in [9.17, 15) is 18.0 Å². The summed E-state index contributed by atoms with van der Waals surface area (Å²) in [4.78, 5) is 31.5. The number of hydrogen-bond donors (Lipinski definition) is 2. The number of amides is 3. The molecule has 3 aromatic rings. The summed E-state index contributed by atoms with van der Waals surface area (Å²) in [5, 5.41) is 4.32. The molecule has 0 saturated carbocycles. The third-order valence-corrected chi connectivity index (χ3v) is 5.52. The second kappa shape index (κ2) is 8.28. The number of aromatic nitrogens is 2. The van der Waals surface area contributed by atoms with E-state index >= 15 is 0 Å². The van der Waals surface area contributed by atoms with E-state index in [1.165, 1.54) is 36.7 Å². The van der Waals surface area contributed by atoms with E-state index in [1.54, 1.807) is 30.3 Å². The lowest BCUT2D eigenvalue weighted by Crippen LogP contribution is -2.34. The van der Waals surface area contributed by atoms with Crippen LogP contribution in [0.4, 0.5) is 10.5 Å². The third kappa shape index (κ3) is 4.59. The number of nitrogens with zero attached hydrogens (tertiary/aromatic N) is 2. The average molecular weight is 461 g/mol. The zero-order chi connectivity index (χ0) is 20.1. The summed E-state index contributed by atoms with van der Waals surface area (Å²) < 4.78 is 25.6. The van der Waals surface area contributed by atoms with Gasteiger partial charge in [0, 0.05) is 23.6 Å². The molecule has 3 rings (SSSR count). The first-order chi connectivity index (χ1) is 13.4. The number of benzene rings is 2. The van der Waals surface area contributed by atoms with Crippen molar-refractivity contribution < 1.29 is 18.0 Å². The van der Waals surface area contributed by atoms with Gasteiger partial charge in [-0.2, -0.15) is 0 Å². The van der Waals surface area contributed by atoms with E-state index in [0.29, 0.717) is 15.7 Å². The number of hydrogen-bond acceptors (Lipinski definition) is 6. The highest BCUT2D eigenvalue weighted by Gasteiger charge is 2.21. The van der Waals surface area contributed by atoms with Crippen LogP contribution in [0.3, 0.4) is 0 Å². The standard InChI is InChI=1S/C18H13BrN4O4S/c19-13-10-20-18(21-11-13)28(26,27)15-8-6-14(7-9-15)22-17(25)23-16(24)12-4-2-1-3-5-12/h1-11H,(H2,22,23,24,25). The third-order valence-electron chi connectivity index (χ3n) is 3.52. The van der Waals surface area contributed by atoms with Gasteiger partial charge >= 0.3 is 6.03 Å². The zero-order valence-electron chi connectivity index (χ0n) is 14.2. The highest BCUT2D eigenvalue weighted by atomic mass is 79.9. The molecule has 0 spiro atoms. The molecule has 10 heteroatoms. The Balaban J connectivity index is 1.68. The Morgan fingerprint density at radius 2 is 1.50 bits per heavy atom. The van der Waals surface area contributed by atoms with E-state index < -0.39 is 21.8 Å². The van der Waals surface area contributed by atoms with E-state index in [0.717, 1.165) is 0 Å². The van der Waals surface area contributed by atoms with Gasteiger partial charge in [0.15, 0.2) is 0 Å². The Labute approximate surface area is 169 Å². The topological polar surface area (TPSA) is 118 Å². The number of nitrogens with one attached hydrogen (secondary N) is 2. The minimum Gasteiger partial charge on any atom is -0.308 e. The minimum absolute atomic E-state index is 0.0267. The van der Waals surface area contributed by atoms with Crippen molar-refractivity contribution in [3.05, 3.63) is 77.0 Å². The van der Waals surface area contributed by atoms with Crippen molar-refractivity contribution in [2.45, 2.75) is 10.1 Å². The number of rotatable bonds is 4. The van der Waals surface area contributed by atoms with Gasteiger partial charge in [-0.05, 0) is 52.3 Å². The maximum Gasteiger partial charge on any atom is 0.326 e. The Kier molecular flexibility index (Phi) is 5.81. The molecule has 0 radical (unpaired) electrons. The summed E-state index contributed by atoms with van der Waals surface area (Å²) in [6.07, 6.45) is 2.67. The number of sulfone groups is 1. The van der Waals surface area contributed by atoms with Crippen molar-refractivity contribution in [1.82, 2.24) is 15.3 Å². The quantitative estimate of drug-likeness (QED) is 0.577. The van der Waals surface area contributed by atoms with Gasteiger partial charge < -0.3 is 5.32 Å². The van der Waals surface area contributed by atoms with Crippen LogP contribution in [0.5, 0.6) is 0 Å². The first-order valence-electron chi connectivity index (χ1n) is 7.86. The molecule has 142 valence electrons.